The van der Waals surface area contributed by atoms with Crippen LogP contribution in [0.25, 0.3) is 0 Å². The Morgan fingerprint density at radius 2 is 1.75 bits per heavy atom. The van der Waals surface area contributed by atoms with Crippen molar-refractivity contribution in [2.75, 3.05) is 13.1 Å². The molecule has 2 unspecified atom stereocenters. The summed E-state index contributed by atoms with van der Waals surface area (Å²) in [5.41, 5.74) is 1.40. The van der Waals surface area contributed by atoms with E-state index in [4.69, 9.17) is 0 Å². The van der Waals surface area contributed by atoms with Crippen LogP contribution >= 0.6 is 0 Å². The second kappa shape index (κ2) is 6.02. The molecule has 1 aliphatic rings. The van der Waals surface area contributed by atoms with Crippen LogP contribution < -0.4 is 5.32 Å². The fraction of sp³-hybridized carbons (Fsp3) is 0.429. The number of benzene rings is 1. The summed E-state index contributed by atoms with van der Waals surface area (Å²) >= 11 is 0. The van der Waals surface area contributed by atoms with E-state index in [1.807, 2.05) is 0 Å². The molecule has 108 valence electrons. The summed E-state index contributed by atoms with van der Waals surface area (Å²) in [6, 6.07) is 6.89. The first kappa shape index (κ1) is 14.5. The minimum atomic E-state index is -0.877. The monoisotopic (exact) mass is 278 g/mol. The van der Waals surface area contributed by atoms with Gasteiger partial charge in [-0.25, -0.2) is 0 Å². The van der Waals surface area contributed by atoms with Gasteiger partial charge in [0.1, 0.15) is 0 Å². The van der Waals surface area contributed by atoms with Gasteiger partial charge in [-0.3, -0.25) is 9.59 Å². The largest absolute Gasteiger partial charge is 0.388 e. The predicted octanol–water partition coefficient (Wildman–Crippen LogP) is -0.500. The first-order valence-corrected chi connectivity index (χ1v) is 6.46. The maximum absolute atomic E-state index is 12.1. The number of aliphatic hydroxyl groups excluding tert-OH is 2. The summed E-state index contributed by atoms with van der Waals surface area (Å²) in [7, 11) is 0. The maximum Gasteiger partial charge on any atom is 0.254 e. The molecule has 0 bridgehead atoms. The third-order valence-electron chi connectivity index (χ3n) is 3.29. The molecular weight excluding hydrogens is 260 g/mol. The molecule has 0 aromatic heterocycles. The van der Waals surface area contributed by atoms with Gasteiger partial charge in [0.15, 0.2) is 0 Å². The average molecular weight is 278 g/mol. The summed E-state index contributed by atoms with van der Waals surface area (Å²) in [5.74, 6) is -0.322. The van der Waals surface area contributed by atoms with Crippen LogP contribution in [0.5, 0.6) is 0 Å². The number of rotatable bonds is 3. The molecule has 2 atom stereocenters. The van der Waals surface area contributed by atoms with Crippen LogP contribution in [0.4, 0.5) is 0 Å². The second-order valence-corrected chi connectivity index (χ2v) is 4.95. The molecule has 1 fully saturated rings. The van der Waals surface area contributed by atoms with Crippen LogP contribution in [0.15, 0.2) is 24.3 Å². The van der Waals surface area contributed by atoms with E-state index in [1.54, 1.807) is 24.3 Å². The molecule has 6 heteroatoms. The van der Waals surface area contributed by atoms with Crippen molar-refractivity contribution in [3.05, 3.63) is 35.4 Å². The molecule has 0 aliphatic carbocycles. The number of amides is 2. The highest BCUT2D eigenvalue weighted by atomic mass is 16.3. The molecule has 20 heavy (non-hydrogen) atoms. The van der Waals surface area contributed by atoms with Gasteiger partial charge in [0.05, 0.1) is 12.2 Å². The Bertz CT molecular complexity index is 490. The Labute approximate surface area is 117 Å². The quantitative estimate of drug-likeness (QED) is 0.695. The molecule has 1 heterocycles. The lowest BCUT2D eigenvalue weighted by Crippen LogP contribution is -2.29. The summed E-state index contributed by atoms with van der Waals surface area (Å²) in [5, 5.41) is 21.6. The zero-order chi connectivity index (χ0) is 14.7. The summed E-state index contributed by atoms with van der Waals surface area (Å²) in [4.78, 5) is 24.4. The lowest BCUT2D eigenvalue weighted by atomic mass is 10.1. The van der Waals surface area contributed by atoms with Crippen LogP contribution in [-0.2, 0) is 11.3 Å². The third-order valence-corrected chi connectivity index (χ3v) is 3.29. The number of hydrogen-bond donors (Lipinski definition) is 3. The Hall–Kier alpha value is -1.92. The Balaban J connectivity index is 1.99. The molecule has 3 N–H and O–H groups in total. The van der Waals surface area contributed by atoms with Crippen molar-refractivity contribution in [2.24, 2.45) is 0 Å². The smallest absolute Gasteiger partial charge is 0.254 e. The average Bonchev–Trinajstić information content (AvgIpc) is 2.76. The predicted molar refractivity (Wildman–Crippen MR) is 71.9 cm³/mol. The van der Waals surface area contributed by atoms with Crippen molar-refractivity contribution in [3.63, 3.8) is 0 Å². The molecule has 2 amide bonds. The number of likely N-dealkylation sites (tertiary alicyclic amines) is 1. The highest BCUT2D eigenvalue weighted by Gasteiger charge is 2.32. The fourth-order valence-electron chi connectivity index (χ4n) is 2.11. The summed E-state index contributed by atoms with van der Waals surface area (Å²) in [6.07, 6.45) is -1.75. The molecule has 1 aliphatic heterocycles. The molecule has 0 saturated carbocycles. The van der Waals surface area contributed by atoms with Gasteiger partial charge in [-0.05, 0) is 17.7 Å². The molecular formula is C14H18N2O4. The van der Waals surface area contributed by atoms with Crippen LogP contribution in [-0.4, -0.2) is 52.2 Å². The minimum Gasteiger partial charge on any atom is -0.388 e. The van der Waals surface area contributed by atoms with Crippen molar-refractivity contribution in [3.8, 4) is 0 Å². The van der Waals surface area contributed by atoms with Crippen LogP contribution in [0, 0.1) is 0 Å². The Kier molecular flexibility index (Phi) is 4.36. The van der Waals surface area contributed by atoms with Gasteiger partial charge in [0.2, 0.25) is 5.91 Å². The van der Waals surface area contributed by atoms with Gasteiger partial charge >= 0.3 is 0 Å². The third kappa shape index (κ3) is 3.34. The van der Waals surface area contributed by atoms with Gasteiger partial charge in [-0.1, -0.05) is 12.1 Å². The number of nitrogens with zero attached hydrogens (tertiary/aromatic N) is 1. The van der Waals surface area contributed by atoms with E-state index >= 15 is 0 Å². The summed E-state index contributed by atoms with van der Waals surface area (Å²) in [6.45, 7) is 2.16. The zero-order valence-corrected chi connectivity index (χ0v) is 11.2. The topological polar surface area (TPSA) is 89.9 Å². The van der Waals surface area contributed by atoms with Gasteiger partial charge in [-0.15, -0.1) is 0 Å². The van der Waals surface area contributed by atoms with Crippen molar-refractivity contribution in [2.45, 2.75) is 25.7 Å². The van der Waals surface area contributed by atoms with Crippen LogP contribution in [0.3, 0.4) is 0 Å². The Morgan fingerprint density at radius 3 is 2.25 bits per heavy atom. The fourth-order valence-corrected chi connectivity index (χ4v) is 2.11. The SMILES string of the molecule is CC(=O)NCc1ccc(C(=O)N2CC(O)C(O)C2)cc1. The molecule has 0 spiro atoms. The van der Waals surface area contributed by atoms with E-state index in [2.05, 4.69) is 5.32 Å². The number of β-amino-alcohol motifs (C(OH)–C–C–N with tert-alkyl or cyclic N) is 2. The zero-order valence-electron chi connectivity index (χ0n) is 11.2. The number of hydrogen-bond acceptors (Lipinski definition) is 4. The van der Waals surface area contributed by atoms with E-state index < -0.39 is 12.2 Å². The van der Waals surface area contributed by atoms with Crippen molar-refractivity contribution >= 4 is 11.8 Å². The highest BCUT2D eigenvalue weighted by molar-refractivity contribution is 5.94. The highest BCUT2D eigenvalue weighted by Crippen LogP contribution is 2.14. The molecule has 1 saturated heterocycles. The molecule has 0 radical (unpaired) electrons. The maximum atomic E-state index is 12.1. The van der Waals surface area contributed by atoms with Crippen LogP contribution in [0.2, 0.25) is 0 Å². The number of carbonyl (C=O) groups is 2. The van der Waals surface area contributed by atoms with Crippen molar-refractivity contribution in [1.29, 1.82) is 0 Å². The van der Waals surface area contributed by atoms with E-state index in [-0.39, 0.29) is 24.9 Å². The minimum absolute atomic E-state index is 0.106. The molecule has 1 aromatic carbocycles. The first-order valence-electron chi connectivity index (χ1n) is 6.46. The molecule has 1 aromatic rings. The standard InChI is InChI=1S/C14H18N2O4/c1-9(17)15-6-10-2-4-11(5-3-10)14(20)16-7-12(18)13(19)8-16/h2-5,12-13,18-19H,6-8H2,1H3,(H,15,17). The lowest BCUT2D eigenvalue weighted by molar-refractivity contribution is -0.119. The van der Waals surface area contributed by atoms with Gasteiger partial charge in [0, 0.05) is 32.1 Å². The lowest BCUT2D eigenvalue weighted by Gasteiger charge is -2.15. The van der Waals surface area contributed by atoms with E-state index in [0.29, 0.717) is 12.1 Å². The summed E-state index contributed by atoms with van der Waals surface area (Å²) < 4.78 is 0. The van der Waals surface area contributed by atoms with E-state index in [1.165, 1.54) is 11.8 Å². The normalized spacial score (nSPS) is 21.9. The Morgan fingerprint density at radius 1 is 1.20 bits per heavy atom. The molecule has 2 rings (SSSR count). The number of aliphatic hydroxyl groups is 2. The second-order valence-electron chi connectivity index (χ2n) is 4.95. The molecule has 6 nitrogen and oxygen atoms in total. The van der Waals surface area contributed by atoms with Crippen LogP contribution in [0.1, 0.15) is 22.8 Å². The first-order chi connectivity index (χ1) is 9.47. The van der Waals surface area contributed by atoms with Gasteiger partial charge < -0.3 is 20.4 Å². The van der Waals surface area contributed by atoms with Crippen molar-refractivity contribution < 1.29 is 19.8 Å². The van der Waals surface area contributed by atoms with E-state index in [9.17, 15) is 19.8 Å². The van der Waals surface area contributed by atoms with Crippen molar-refractivity contribution in [1.82, 2.24) is 10.2 Å². The van der Waals surface area contributed by atoms with Gasteiger partial charge in [-0.2, -0.15) is 0 Å². The number of nitrogens with one attached hydrogen (secondary N) is 1. The number of carbonyl (C=O) groups excluding carboxylic acids is 2. The van der Waals surface area contributed by atoms with E-state index in [0.717, 1.165) is 5.56 Å². The van der Waals surface area contributed by atoms with Gasteiger partial charge in [0.25, 0.3) is 5.91 Å².